The van der Waals surface area contributed by atoms with Gasteiger partial charge < -0.3 is 4.90 Å². The van der Waals surface area contributed by atoms with Crippen LogP contribution in [0, 0.1) is 0 Å². The zero-order chi connectivity index (χ0) is 21.1. The van der Waals surface area contributed by atoms with Crippen molar-refractivity contribution in [1.82, 2.24) is 4.90 Å². The van der Waals surface area contributed by atoms with Gasteiger partial charge in [-0.05, 0) is 60.9 Å². The lowest BCUT2D eigenvalue weighted by Crippen LogP contribution is -2.36. The summed E-state index contributed by atoms with van der Waals surface area (Å²) in [6.07, 6.45) is 0.830. The summed E-state index contributed by atoms with van der Waals surface area (Å²) in [6.45, 7) is 3.36. The van der Waals surface area contributed by atoms with Gasteiger partial charge >= 0.3 is 0 Å². The molecule has 0 atom stereocenters. The number of rotatable bonds is 5. The Bertz CT molecular complexity index is 1140. The van der Waals surface area contributed by atoms with Gasteiger partial charge in [0.2, 0.25) is 0 Å². The Morgan fingerprint density at radius 3 is 2.20 bits per heavy atom. The fourth-order valence-corrected chi connectivity index (χ4v) is 5.31. The molecule has 5 nitrogen and oxygen atoms in total. The smallest absolute Gasteiger partial charge is 0.264 e. The maximum Gasteiger partial charge on any atom is 0.264 e. The first-order valence-electron chi connectivity index (χ1n) is 10.0. The summed E-state index contributed by atoms with van der Waals surface area (Å²) >= 11 is 0. The molecule has 0 saturated heterocycles. The first-order valence-corrected chi connectivity index (χ1v) is 11.5. The Labute approximate surface area is 177 Å². The van der Waals surface area contributed by atoms with Crippen LogP contribution in [0.3, 0.4) is 0 Å². The molecular weight excluding hydrogens is 396 g/mol. The number of hydrogen-bond acceptors (Lipinski definition) is 3. The van der Waals surface area contributed by atoms with Gasteiger partial charge in [0.15, 0.2) is 0 Å². The van der Waals surface area contributed by atoms with E-state index in [0.717, 1.165) is 12.0 Å². The highest BCUT2D eigenvalue weighted by Gasteiger charge is 2.25. The lowest BCUT2D eigenvalue weighted by molar-refractivity contribution is 0.0734. The Balaban J connectivity index is 1.55. The third-order valence-corrected chi connectivity index (χ3v) is 7.36. The molecule has 6 heteroatoms. The molecule has 0 saturated carbocycles. The molecular formula is C24H24N2O3S. The summed E-state index contributed by atoms with van der Waals surface area (Å²) in [7, 11) is -3.70. The van der Waals surface area contributed by atoms with Crippen molar-refractivity contribution >= 4 is 21.6 Å². The van der Waals surface area contributed by atoms with Crippen molar-refractivity contribution in [3.8, 4) is 0 Å². The van der Waals surface area contributed by atoms with Crippen LogP contribution >= 0.6 is 0 Å². The summed E-state index contributed by atoms with van der Waals surface area (Å²) < 4.78 is 27.6. The summed E-state index contributed by atoms with van der Waals surface area (Å²) in [5, 5.41) is 0. The topological polar surface area (TPSA) is 57.7 Å². The minimum atomic E-state index is -3.70. The molecule has 0 bridgehead atoms. The first-order chi connectivity index (χ1) is 14.5. The van der Waals surface area contributed by atoms with Crippen molar-refractivity contribution < 1.29 is 13.2 Å². The number of carbonyl (C=O) groups excluding carboxylic acids is 1. The van der Waals surface area contributed by atoms with Crippen molar-refractivity contribution in [2.75, 3.05) is 17.4 Å². The van der Waals surface area contributed by atoms with Crippen LogP contribution in [-0.2, 0) is 23.0 Å². The number of fused-ring (bicyclic) bond motifs is 1. The van der Waals surface area contributed by atoms with Crippen LogP contribution in [0.1, 0.15) is 28.4 Å². The van der Waals surface area contributed by atoms with E-state index < -0.39 is 10.0 Å². The predicted octanol–water partition coefficient (Wildman–Crippen LogP) is 4.10. The molecule has 1 amide bonds. The van der Waals surface area contributed by atoms with Crippen LogP contribution in [0.4, 0.5) is 5.69 Å². The maximum atomic E-state index is 13.1. The van der Waals surface area contributed by atoms with Crippen molar-refractivity contribution in [2.45, 2.75) is 24.8 Å². The Morgan fingerprint density at radius 1 is 0.900 bits per heavy atom. The largest absolute Gasteiger partial charge is 0.334 e. The van der Waals surface area contributed by atoms with Gasteiger partial charge in [-0.25, -0.2) is 8.42 Å². The number of anilines is 1. The van der Waals surface area contributed by atoms with Gasteiger partial charge in [-0.15, -0.1) is 0 Å². The lowest BCUT2D eigenvalue weighted by atomic mass is 9.99. The minimum Gasteiger partial charge on any atom is -0.334 e. The molecule has 0 spiro atoms. The molecule has 30 heavy (non-hydrogen) atoms. The molecule has 0 aromatic heterocycles. The molecule has 0 radical (unpaired) electrons. The van der Waals surface area contributed by atoms with Gasteiger partial charge in [-0.2, -0.15) is 0 Å². The van der Waals surface area contributed by atoms with Gasteiger partial charge in [-0.1, -0.05) is 42.5 Å². The minimum absolute atomic E-state index is 0.0798. The SMILES string of the molecule is CCN(c1ccccc1)S(=O)(=O)c1ccc(C(=O)N2CCc3ccccc3C2)cc1. The fourth-order valence-electron chi connectivity index (χ4n) is 3.83. The number of nitrogens with zero attached hydrogens (tertiary/aromatic N) is 2. The van der Waals surface area contributed by atoms with E-state index in [1.54, 1.807) is 31.2 Å². The lowest BCUT2D eigenvalue weighted by Gasteiger charge is -2.29. The third-order valence-electron chi connectivity index (χ3n) is 5.44. The van der Waals surface area contributed by atoms with Gasteiger partial charge in [0, 0.05) is 25.2 Å². The molecule has 1 aliphatic rings. The van der Waals surface area contributed by atoms with E-state index in [0.29, 0.717) is 30.9 Å². The summed E-state index contributed by atoms with van der Waals surface area (Å²) in [4.78, 5) is 14.9. The van der Waals surface area contributed by atoms with Crippen LogP contribution in [-0.4, -0.2) is 32.3 Å². The highest BCUT2D eigenvalue weighted by molar-refractivity contribution is 7.92. The van der Waals surface area contributed by atoms with Gasteiger partial charge in [0.1, 0.15) is 0 Å². The number of sulfonamides is 1. The van der Waals surface area contributed by atoms with E-state index in [2.05, 4.69) is 6.07 Å². The Morgan fingerprint density at radius 2 is 1.53 bits per heavy atom. The van der Waals surface area contributed by atoms with Crippen LogP contribution in [0.25, 0.3) is 0 Å². The molecule has 3 aromatic rings. The van der Waals surface area contributed by atoms with Crippen LogP contribution in [0.2, 0.25) is 0 Å². The number of para-hydroxylation sites is 1. The van der Waals surface area contributed by atoms with E-state index in [9.17, 15) is 13.2 Å². The predicted molar refractivity (Wildman–Crippen MR) is 118 cm³/mol. The van der Waals surface area contributed by atoms with Gasteiger partial charge in [0.05, 0.1) is 10.6 Å². The maximum absolute atomic E-state index is 13.1. The number of benzene rings is 3. The van der Waals surface area contributed by atoms with Gasteiger partial charge in [0.25, 0.3) is 15.9 Å². The van der Waals surface area contributed by atoms with E-state index in [-0.39, 0.29) is 10.8 Å². The number of carbonyl (C=O) groups is 1. The normalized spacial score (nSPS) is 13.6. The Hall–Kier alpha value is -3.12. The quantitative estimate of drug-likeness (QED) is 0.624. The molecule has 154 valence electrons. The van der Waals surface area contributed by atoms with Crippen LogP contribution in [0.15, 0.2) is 83.8 Å². The summed E-state index contributed by atoms with van der Waals surface area (Å²) in [5.41, 5.74) is 3.56. The van der Waals surface area contributed by atoms with Crippen molar-refractivity contribution in [3.63, 3.8) is 0 Å². The molecule has 1 heterocycles. The first kappa shape index (κ1) is 20.2. The van der Waals surface area contributed by atoms with Crippen molar-refractivity contribution in [1.29, 1.82) is 0 Å². The van der Waals surface area contributed by atoms with E-state index in [1.165, 1.54) is 22.0 Å². The average molecular weight is 421 g/mol. The highest BCUT2D eigenvalue weighted by atomic mass is 32.2. The average Bonchev–Trinajstić information content (AvgIpc) is 2.79. The molecule has 0 N–H and O–H groups in total. The second kappa shape index (κ2) is 8.32. The van der Waals surface area contributed by atoms with Crippen molar-refractivity contribution in [2.24, 2.45) is 0 Å². The number of amides is 1. The van der Waals surface area contributed by atoms with E-state index >= 15 is 0 Å². The highest BCUT2D eigenvalue weighted by Crippen LogP contribution is 2.25. The van der Waals surface area contributed by atoms with E-state index in [4.69, 9.17) is 0 Å². The fraction of sp³-hybridized carbons (Fsp3) is 0.208. The van der Waals surface area contributed by atoms with Crippen LogP contribution < -0.4 is 4.31 Å². The number of hydrogen-bond donors (Lipinski definition) is 0. The molecule has 4 rings (SSSR count). The standard InChI is InChI=1S/C24H24N2O3S/c1-2-26(22-10-4-3-5-11-22)30(28,29)23-14-12-20(13-15-23)24(27)25-17-16-19-8-6-7-9-21(19)18-25/h3-15H,2,16-18H2,1H3. The monoisotopic (exact) mass is 420 g/mol. The second-order valence-electron chi connectivity index (χ2n) is 7.28. The molecule has 0 unspecified atom stereocenters. The summed E-state index contributed by atoms with van der Waals surface area (Å²) in [5.74, 6) is -0.0798. The zero-order valence-corrected chi connectivity index (χ0v) is 17.7. The van der Waals surface area contributed by atoms with Crippen LogP contribution in [0.5, 0.6) is 0 Å². The molecule has 0 aliphatic carbocycles. The molecule has 1 aliphatic heterocycles. The van der Waals surface area contributed by atoms with Crippen molar-refractivity contribution in [3.05, 3.63) is 95.6 Å². The zero-order valence-electron chi connectivity index (χ0n) is 16.9. The third kappa shape index (κ3) is 3.83. The van der Waals surface area contributed by atoms with E-state index in [1.807, 2.05) is 41.3 Å². The molecule has 0 fully saturated rings. The molecule has 3 aromatic carbocycles. The second-order valence-corrected chi connectivity index (χ2v) is 9.14. The summed E-state index contributed by atoms with van der Waals surface area (Å²) in [6, 6.07) is 23.4. The van der Waals surface area contributed by atoms with Gasteiger partial charge in [-0.3, -0.25) is 9.10 Å². The Kier molecular flexibility index (Phi) is 5.59.